The number of nitro benzene ring substituents is 1. The summed E-state index contributed by atoms with van der Waals surface area (Å²) in [5.74, 6) is 0.173. The molecule has 0 aliphatic carbocycles. The Bertz CT molecular complexity index is 1070. The number of nitrogens with zero attached hydrogens (tertiary/aromatic N) is 2. The second kappa shape index (κ2) is 11.4. The van der Waals surface area contributed by atoms with E-state index in [4.69, 9.17) is 18.9 Å². The molecule has 1 amide bonds. The Hall–Kier alpha value is -4.02. The summed E-state index contributed by atoms with van der Waals surface area (Å²) in [7, 11) is 4.35. The molecule has 11 heteroatoms. The van der Waals surface area contributed by atoms with Crippen molar-refractivity contribution in [3.05, 3.63) is 46.0 Å². The fourth-order valence-electron chi connectivity index (χ4n) is 3.88. The van der Waals surface area contributed by atoms with E-state index in [1.165, 1.54) is 45.6 Å². The van der Waals surface area contributed by atoms with Gasteiger partial charge >= 0.3 is 5.97 Å². The summed E-state index contributed by atoms with van der Waals surface area (Å²) in [6, 6.07) is 7.28. The summed E-state index contributed by atoms with van der Waals surface area (Å²) in [6.07, 6.45) is 1.89. The van der Waals surface area contributed by atoms with Crippen LogP contribution >= 0.6 is 0 Å². The summed E-state index contributed by atoms with van der Waals surface area (Å²) >= 11 is 0. The third-order valence-electron chi connectivity index (χ3n) is 5.81. The Labute approximate surface area is 203 Å². The number of anilines is 2. The molecule has 1 N–H and O–H groups in total. The Morgan fingerprint density at radius 2 is 1.69 bits per heavy atom. The van der Waals surface area contributed by atoms with Crippen molar-refractivity contribution < 1.29 is 33.5 Å². The Morgan fingerprint density at radius 3 is 2.23 bits per heavy atom. The van der Waals surface area contributed by atoms with Gasteiger partial charge in [0.2, 0.25) is 5.75 Å². The fraction of sp³-hybridized carbons (Fsp3) is 0.417. The highest BCUT2D eigenvalue weighted by molar-refractivity contribution is 5.96. The topological polar surface area (TPSA) is 129 Å². The summed E-state index contributed by atoms with van der Waals surface area (Å²) in [4.78, 5) is 37.9. The lowest BCUT2D eigenvalue weighted by molar-refractivity contribution is -0.384. The molecule has 0 aromatic heterocycles. The second-order valence-corrected chi connectivity index (χ2v) is 8.17. The first-order chi connectivity index (χ1) is 16.8. The van der Waals surface area contributed by atoms with Gasteiger partial charge in [-0.25, -0.2) is 4.79 Å². The van der Waals surface area contributed by atoms with E-state index < -0.39 is 23.4 Å². The number of carbonyl (C=O) groups is 2. The number of esters is 1. The first-order valence-corrected chi connectivity index (χ1v) is 11.1. The lowest BCUT2D eigenvalue weighted by atomic mass is 9.98. The standard InChI is InChI=1S/C24H29N3O8/c1-15-7-9-26(10-8-15)18-6-5-16(11-19(18)27(30)31)24(29)35-14-22(28)25-17-12-20(32-2)23(34-4)21(13-17)33-3/h5-6,11-13,15H,7-10,14H2,1-4H3,(H,25,28). The SMILES string of the molecule is COc1cc(NC(=O)COC(=O)c2ccc(N3CCC(C)CC3)c([N+](=O)[O-])c2)cc(OC)c1OC. The van der Waals surface area contributed by atoms with Crippen molar-refractivity contribution in [2.24, 2.45) is 5.92 Å². The number of piperidine rings is 1. The van der Waals surface area contributed by atoms with Gasteiger partial charge in [-0.3, -0.25) is 14.9 Å². The molecule has 1 saturated heterocycles. The molecule has 1 heterocycles. The van der Waals surface area contributed by atoms with Crippen LogP contribution in [0.3, 0.4) is 0 Å². The minimum Gasteiger partial charge on any atom is -0.493 e. The van der Waals surface area contributed by atoms with Crippen LogP contribution in [0.25, 0.3) is 0 Å². The minimum absolute atomic E-state index is 0.00795. The minimum atomic E-state index is -0.841. The lowest BCUT2D eigenvalue weighted by Crippen LogP contribution is -2.33. The highest BCUT2D eigenvalue weighted by Gasteiger charge is 2.25. The van der Waals surface area contributed by atoms with E-state index in [9.17, 15) is 19.7 Å². The van der Waals surface area contributed by atoms with E-state index in [2.05, 4.69) is 12.2 Å². The van der Waals surface area contributed by atoms with Gasteiger partial charge in [-0.05, 0) is 30.9 Å². The molecule has 188 valence electrons. The van der Waals surface area contributed by atoms with Gasteiger partial charge in [0.05, 0.1) is 31.8 Å². The maximum atomic E-state index is 12.5. The highest BCUT2D eigenvalue weighted by Crippen LogP contribution is 2.40. The van der Waals surface area contributed by atoms with Crippen molar-refractivity contribution in [3.8, 4) is 17.2 Å². The summed E-state index contributed by atoms with van der Waals surface area (Å²) in [5.41, 5.74) is 0.636. The molecule has 1 aliphatic rings. The van der Waals surface area contributed by atoms with Crippen LogP contribution in [0, 0.1) is 16.0 Å². The largest absolute Gasteiger partial charge is 0.493 e. The van der Waals surface area contributed by atoms with Crippen molar-refractivity contribution >= 4 is 28.9 Å². The molecule has 1 aliphatic heterocycles. The number of rotatable bonds is 9. The molecule has 2 aromatic rings. The fourth-order valence-corrected chi connectivity index (χ4v) is 3.88. The van der Waals surface area contributed by atoms with Gasteiger partial charge in [-0.2, -0.15) is 0 Å². The van der Waals surface area contributed by atoms with Crippen LogP contribution in [-0.4, -0.2) is 57.8 Å². The molecule has 0 radical (unpaired) electrons. The van der Waals surface area contributed by atoms with Crippen molar-refractivity contribution in [1.29, 1.82) is 0 Å². The molecular formula is C24H29N3O8. The quantitative estimate of drug-likeness (QED) is 0.320. The Balaban J connectivity index is 1.66. The lowest BCUT2D eigenvalue weighted by Gasteiger charge is -2.31. The van der Waals surface area contributed by atoms with Crippen LogP contribution in [0.2, 0.25) is 0 Å². The first-order valence-electron chi connectivity index (χ1n) is 11.1. The summed E-state index contributed by atoms with van der Waals surface area (Å²) < 4.78 is 20.8. The second-order valence-electron chi connectivity index (χ2n) is 8.17. The van der Waals surface area contributed by atoms with Gasteiger partial charge in [0.25, 0.3) is 11.6 Å². The molecule has 3 rings (SSSR count). The Morgan fingerprint density at radius 1 is 1.06 bits per heavy atom. The molecule has 0 unspecified atom stereocenters. The molecule has 1 fully saturated rings. The molecule has 0 bridgehead atoms. The molecule has 0 spiro atoms. The van der Waals surface area contributed by atoms with Gasteiger partial charge in [0.15, 0.2) is 18.1 Å². The number of amides is 1. The van der Waals surface area contributed by atoms with Gasteiger partial charge in [0, 0.05) is 37.0 Å². The number of benzene rings is 2. The number of nitrogens with one attached hydrogen (secondary N) is 1. The van der Waals surface area contributed by atoms with E-state index in [1.54, 1.807) is 6.07 Å². The van der Waals surface area contributed by atoms with Crippen molar-refractivity contribution in [3.63, 3.8) is 0 Å². The van der Waals surface area contributed by atoms with Crippen LogP contribution in [0.15, 0.2) is 30.3 Å². The zero-order chi connectivity index (χ0) is 25.5. The number of ether oxygens (including phenoxy) is 4. The predicted octanol–water partition coefficient (Wildman–Crippen LogP) is 3.65. The van der Waals surface area contributed by atoms with Crippen LogP contribution < -0.4 is 24.4 Å². The maximum Gasteiger partial charge on any atom is 0.338 e. The van der Waals surface area contributed by atoms with Crippen molar-refractivity contribution in [2.45, 2.75) is 19.8 Å². The number of carbonyl (C=O) groups excluding carboxylic acids is 2. The maximum absolute atomic E-state index is 12.5. The summed E-state index contributed by atoms with van der Waals surface area (Å²) in [6.45, 7) is 3.00. The number of hydrogen-bond donors (Lipinski definition) is 1. The predicted molar refractivity (Wildman–Crippen MR) is 129 cm³/mol. The van der Waals surface area contributed by atoms with Gasteiger partial charge < -0.3 is 29.2 Å². The molecule has 35 heavy (non-hydrogen) atoms. The number of nitro groups is 1. The third kappa shape index (κ3) is 6.11. The number of hydrogen-bond acceptors (Lipinski definition) is 9. The Kier molecular flexibility index (Phi) is 8.34. The van der Waals surface area contributed by atoms with E-state index in [-0.39, 0.29) is 11.3 Å². The average Bonchev–Trinajstić information content (AvgIpc) is 2.86. The zero-order valence-electron chi connectivity index (χ0n) is 20.2. The molecular weight excluding hydrogens is 458 g/mol. The molecule has 2 aromatic carbocycles. The van der Waals surface area contributed by atoms with Gasteiger partial charge in [-0.1, -0.05) is 6.92 Å². The van der Waals surface area contributed by atoms with Crippen LogP contribution in [0.5, 0.6) is 17.2 Å². The molecule has 0 saturated carbocycles. The summed E-state index contributed by atoms with van der Waals surface area (Å²) in [5, 5.41) is 14.2. The molecule has 11 nitrogen and oxygen atoms in total. The monoisotopic (exact) mass is 487 g/mol. The van der Waals surface area contributed by atoms with E-state index in [0.717, 1.165) is 12.8 Å². The van der Waals surface area contributed by atoms with Crippen molar-refractivity contribution in [2.75, 3.05) is 51.2 Å². The van der Waals surface area contributed by atoms with E-state index >= 15 is 0 Å². The number of methoxy groups -OCH3 is 3. The highest BCUT2D eigenvalue weighted by atomic mass is 16.6. The zero-order valence-corrected chi connectivity index (χ0v) is 20.2. The first kappa shape index (κ1) is 25.6. The van der Waals surface area contributed by atoms with E-state index in [0.29, 0.717) is 47.6 Å². The van der Waals surface area contributed by atoms with Crippen LogP contribution in [0.4, 0.5) is 17.1 Å². The average molecular weight is 488 g/mol. The van der Waals surface area contributed by atoms with Crippen LogP contribution in [-0.2, 0) is 9.53 Å². The van der Waals surface area contributed by atoms with Crippen LogP contribution in [0.1, 0.15) is 30.1 Å². The van der Waals surface area contributed by atoms with Gasteiger partial charge in [-0.15, -0.1) is 0 Å². The third-order valence-corrected chi connectivity index (χ3v) is 5.81. The van der Waals surface area contributed by atoms with E-state index in [1.807, 2.05) is 4.90 Å². The normalized spacial score (nSPS) is 13.7. The van der Waals surface area contributed by atoms with Crippen molar-refractivity contribution in [1.82, 2.24) is 0 Å². The van der Waals surface area contributed by atoms with Gasteiger partial charge in [0.1, 0.15) is 5.69 Å². The smallest absolute Gasteiger partial charge is 0.338 e. The molecule has 0 atom stereocenters.